The van der Waals surface area contributed by atoms with Crippen LogP contribution >= 0.6 is 11.6 Å². The summed E-state index contributed by atoms with van der Waals surface area (Å²) in [4.78, 5) is 12.5. The van der Waals surface area contributed by atoms with Gasteiger partial charge in [-0.15, -0.1) is 0 Å². The molecular weight excluding hydrogens is 375 g/mol. The van der Waals surface area contributed by atoms with Crippen molar-refractivity contribution in [2.45, 2.75) is 49.3 Å². The van der Waals surface area contributed by atoms with E-state index in [1.807, 2.05) is 7.05 Å². The normalized spacial score (nSPS) is 29.6. The van der Waals surface area contributed by atoms with Crippen LogP contribution in [0, 0.1) is 5.82 Å². The summed E-state index contributed by atoms with van der Waals surface area (Å²) in [7, 11) is 3.56. The molecule has 0 radical (unpaired) electrons. The highest BCUT2D eigenvalue weighted by Crippen LogP contribution is 2.48. The molecule has 1 aromatic rings. The lowest BCUT2D eigenvalue weighted by Crippen LogP contribution is -2.70. The maximum absolute atomic E-state index is 13.5. The minimum absolute atomic E-state index is 0.0150. The molecule has 6 nitrogen and oxygen atoms in total. The van der Waals surface area contributed by atoms with Crippen molar-refractivity contribution >= 4 is 17.5 Å². The van der Waals surface area contributed by atoms with Crippen molar-refractivity contribution in [1.29, 1.82) is 0 Å². The predicted octanol–water partition coefficient (Wildman–Crippen LogP) is 2.64. The Morgan fingerprint density at radius 2 is 2.07 bits per heavy atom. The van der Waals surface area contributed by atoms with Crippen LogP contribution in [0.3, 0.4) is 0 Å². The van der Waals surface area contributed by atoms with Gasteiger partial charge in [-0.2, -0.15) is 0 Å². The third-order valence-electron chi connectivity index (χ3n) is 5.86. The summed E-state index contributed by atoms with van der Waals surface area (Å²) < 4.78 is 29.9. The third kappa shape index (κ3) is 4.37. The summed E-state index contributed by atoms with van der Waals surface area (Å²) in [5.41, 5.74) is -0.370. The van der Waals surface area contributed by atoms with Gasteiger partial charge in [-0.25, -0.2) is 4.39 Å². The van der Waals surface area contributed by atoms with Crippen molar-refractivity contribution in [3.63, 3.8) is 0 Å². The van der Waals surface area contributed by atoms with Crippen LogP contribution in [0.4, 0.5) is 4.39 Å². The maximum atomic E-state index is 13.5. The number of hydrogen-bond donors (Lipinski definition) is 2. The fourth-order valence-corrected chi connectivity index (χ4v) is 4.32. The van der Waals surface area contributed by atoms with Gasteiger partial charge >= 0.3 is 0 Å². The molecule has 2 bridgehead atoms. The van der Waals surface area contributed by atoms with E-state index < -0.39 is 11.4 Å². The SMILES string of the molecule is CNC12CCC(NC(=O)COc3ccc(Cl)c(F)c3)(CC1)C(OCOC)C2. The van der Waals surface area contributed by atoms with Crippen LogP contribution < -0.4 is 15.4 Å². The number of halogens is 2. The van der Waals surface area contributed by atoms with Crippen molar-refractivity contribution in [2.24, 2.45) is 0 Å². The lowest BCUT2D eigenvalue weighted by Gasteiger charge is -2.57. The summed E-state index contributed by atoms with van der Waals surface area (Å²) in [6, 6.07) is 4.10. The third-order valence-corrected chi connectivity index (χ3v) is 6.17. The monoisotopic (exact) mass is 400 g/mol. The standard InChI is InChI=1S/C19H26ClFN2O4/c1-22-18-5-7-19(8-6-18,16(10-18)27-12-25-2)23-17(24)11-26-13-3-4-14(20)15(21)9-13/h3-4,9,16,22H,5-8,10-12H2,1-2H3,(H,23,24). The highest BCUT2D eigenvalue weighted by molar-refractivity contribution is 6.30. The van der Waals surface area contributed by atoms with Crippen molar-refractivity contribution in [1.82, 2.24) is 10.6 Å². The smallest absolute Gasteiger partial charge is 0.258 e. The van der Waals surface area contributed by atoms with Gasteiger partial charge in [-0.3, -0.25) is 4.79 Å². The van der Waals surface area contributed by atoms with Crippen molar-refractivity contribution in [2.75, 3.05) is 27.6 Å². The Bertz CT molecular complexity index is 680. The topological polar surface area (TPSA) is 68.8 Å². The molecule has 1 aromatic carbocycles. The van der Waals surface area contributed by atoms with Crippen molar-refractivity contribution in [3.8, 4) is 5.75 Å². The Hall–Kier alpha value is -1.41. The second-order valence-electron chi connectivity index (χ2n) is 7.37. The Morgan fingerprint density at radius 1 is 1.33 bits per heavy atom. The zero-order chi connectivity index (χ0) is 19.5. The van der Waals surface area contributed by atoms with Crippen LogP contribution in [0.25, 0.3) is 0 Å². The molecule has 0 heterocycles. The van der Waals surface area contributed by atoms with Gasteiger partial charge in [0.05, 0.1) is 16.7 Å². The molecule has 0 spiro atoms. The Morgan fingerprint density at radius 3 is 2.70 bits per heavy atom. The van der Waals surface area contributed by atoms with E-state index >= 15 is 0 Å². The molecule has 8 heteroatoms. The second-order valence-corrected chi connectivity index (χ2v) is 7.77. The number of amides is 1. The number of ether oxygens (including phenoxy) is 3. The number of benzene rings is 1. The molecule has 0 saturated heterocycles. The molecule has 1 amide bonds. The summed E-state index contributed by atoms with van der Waals surface area (Å²) in [6.07, 6.45) is 4.27. The molecule has 2 N–H and O–H groups in total. The van der Waals surface area contributed by atoms with Crippen LogP contribution in [0.5, 0.6) is 5.75 Å². The van der Waals surface area contributed by atoms with E-state index in [1.54, 1.807) is 7.11 Å². The number of hydrogen-bond acceptors (Lipinski definition) is 5. The highest BCUT2D eigenvalue weighted by atomic mass is 35.5. The number of carbonyl (C=O) groups excluding carboxylic acids is 1. The number of fused-ring (bicyclic) bond motifs is 3. The molecule has 3 aliphatic rings. The number of nitrogens with one attached hydrogen (secondary N) is 2. The molecule has 27 heavy (non-hydrogen) atoms. The van der Waals surface area contributed by atoms with Crippen molar-refractivity contribution in [3.05, 3.63) is 29.0 Å². The van der Waals surface area contributed by atoms with Crippen LogP contribution in [0.1, 0.15) is 32.1 Å². The quantitative estimate of drug-likeness (QED) is 0.656. The van der Waals surface area contributed by atoms with Gasteiger partial charge in [0.2, 0.25) is 0 Å². The lowest BCUT2D eigenvalue weighted by molar-refractivity contribution is -0.157. The van der Waals surface area contributed by atoms with Gasteiger partial charge in [0.15, 0.2) is 6.61 Å². The molecule has 4 rings (SSSR count). The number of rotatable bonds is 8. The average Bonchev–Trinajstić information content (AvgIpc) is 2.68. The van der Waals surface area contributed by atoms with Crippen molar-refractivity contribution < 1.29 is 23.4 Å². The largest absolute Gasteiger partial charge is 0.484 e. The summed E-state index contributed by atoms with van der Waals surface area (Å²) in [5, 5.41) is 6.57. The minimum Gasteiger partial charge on any atom is -0.484 e. The summed E-state index contributed by atoms with van der Waals surface area (Å²) >= 11 is 5.66. The summed E-state index contributed by atoms with van der Waals surface area (Å²) in [5.74, 6) is -0.572. The zero-order valence-electron chi connectivity index (χ0n) is 15.6. The Labute approximate surface area is 163 Å². The van der Waals surface area contributed by atoms with E-state index in [2.05, 4.69) is 10.6 Å². The summed E-state index contributed by atoms with van der Waals surface area (Å²) in [6.45, 7) is -0.0143. The highest BCUT2D eigenvalue weighted by Gasteiger charge is 2.55. The van der Waals surface area contributed by atoms with E-state index in [1.165, 1.54) is 18.2 Å². The fraction of sp³-hybridized carbons (Fsp3) is 0.632. The first-order valence-electron chi connectivity index (χ1n) is 9.10. The van der Waals surface area contributed by atoms with E-state index in [0.29, 0.717) is 0 Å². The van der Waals surface area contributed by atoms with Gasteiger partial charge in [0.25, 0.3) is 5.91 Å². The molecule has 150 valence electrons. The lowest BCUT2D eigenvalue weighted by atomic mass is 9.60. The zero-order valence-corrected chi connectivity index (χ0v) is 16.4. The first kappa shape index (κ1) is 20.3. The minimum atomic E-state index is -0.579. The molecule has 1 atom stereocenters. The second kappa shape index (κ2) is 8.31. The van der Waals surface area contributed by atoms with Crippen LogP contribution in [0.15, 0.2) is 18.2 Å². The van der Waals surface area contributed by atoms with E-state index in [9.17, 15) is 9.18 Å². The van der Waals surface area contributed by atoms with Gasteiger partial charge in [-0.05, 0) is 51.3 Å². The van der Waals surface area contributed by atoms with Crippen LogP contribution in [0.2, 0.25) is 5.02 Å². The molecular formula is C19H26ClFN2O4. The van der Waals surface area contributed by atoms with Crippen LogP contribution in [-0.2, 0) is 14.3 Å². The van der Waals surface area contributed by atoms with E-state index in [4.69, 9.17) is 25.8 Å². The molecule has 0 aromatic heterocycles. The molecule has 3 saturated carbocycles. The number of carbonyl (C=O) groups is 1. The average molecular weight is 401 g/mol. The van der Waals surface area contributed by atoms with Gasteiger partial charge in [0.1, 0.15) is 18.4 Å². The molecule has 0 aliphatic heterocycles. The first-order chi connectivity index (χ1) is 12.9. The van der Waals surface area contributed by atoms with E-state index in [0.717, 1.165) is 32.1 Å². The van der Waals surface area contributed by atoms with Gasteiger partial charge in [0, 0.05) is 18.7 Å². The van der Waals surface area contributed by atoms with E-state index in [-0.39, 0.29) is 41.7 Å². The first-order valence-corrected chi connectivity index (χ1v) is 9.48. The fourth-order valence-electron chi connectivity index (χ4n) is 4.21. The predicted molar refractivity (Wildman–Crippen MR) is 99.4 cm³/mol. The number of methoxy groups -OCH3 is 1. The maximum Gasteiger partial charge on any atom is 0.258 e. The Balaban J connectivity index is 1.63. The Kier molecular flexibility index (Phi) is 6.25. The van der Waals surface area contributed by atoms with Gasteiger partial charge < -0.3 is 24.8 Å². The van der Waals surface area contributed by atoms with Crippen LogP contribution in [-0.4, -0.2) is 50.6 Å². The molecule has 1 unspecified atom stereocenters. The molecule has 3 fully saturated rings. The molecule has 3 aliphatic carbocycles. The van der Waals surface area contributed by atoms with Gasteiger partial charge in [-0.1, -0.05) is 11.6 Å².